The first-order valence-corrected chi connectivity index (χ1v) is 6.09. The Hall–Kier alpha value is -0.780. The first-order valence-electron chi connectivity index (χ1n) is 6.09. The van der Waals surface area contributed by atoms with Gasteiger partial charge in [0, 0.05) is 0 Å². The summed E-state index contributed by atoms with van der Waals surface area (Å²) in [7, 11) is 0. The van der Waals surface area contributed by atoms with E-state index >= 15 is 0 Å². The van der Waals surface area contributed by atoms with E-state index in [1.165, 1.54) is 17.5 Å². The molecule has 0 saturated heterocycles. The van der Waals surface area contributed by atoms with Gasteiger partial charge in [-0.15, -0.1) is 0 Å². The van der Waals surface area contributed by atoms with Gasteiger partial charge in [-0.2, -0.15) is 0 Å². The minimum atomic E-state index is 0.665. The molecule has 0 fully saturated rings. The predicted molar refractivity (Wildman–Crippen MR) is 68.2 cm³/mol. The second-order valence-electron chi connectivity index (χ2n) is 5.37. The molecule has 0 aliphatic carbocycles. The lowest BCUT2D eigenvalue weighted by Gasteiger charge is -2.16. The molecular weight excluding hydrogens is 180 g/mol. The summed E-state index contributed by atoms with van der Waals surface area (Å²) in [4.78, 5) is 0. The molecule has 1 aromatic carbocycles. The topological polar surface area (TPSA) is 0 Å². The van der Waals surface area contributed by atoms with Crippen LogP contribution in [0.25, 0.3) is 0 Å². The van der Waals surface area contributed by atoms with Crippen molar-refractivity contribution in [3.63, 3.8) is 0 Å². The summed E-state index contributed by atoms with van der Waals surface area (Å²) in [6.07, 6.45) is 1.19. The van der Waals surface area contributed by atoms with Crippen molar-refractivity contribution in [1.29, 1.82) is 0 Å². The summed E-state index contributed by atoms with van der Waals surface area (Å²) < 4.78 is 0. The zero-order valence-corrected chi connectivity index (χ0v) is 10.7. The number of rotatable bonds is 4. The SMILES string of the molecule is CC(C)Cc1ccc(C(C)C(C)C)cc1. The van der Waals surface area contributed by atoms with Crippen LogP contribution in [0.4, 0.5) is 0 Å². The maximum atomic E-state index is 2.31. The van der Waals surface area contributed by atoms with E-state index < -0.39 is 0 Å². The van der Waals surface area contributed by atoms with E-state index in [2.05, 4.69) is 58.9 Å². The Morgan fingerprint density at radius 2 is 1.40 bits per heavy atom. The zero-order valence-electron chi connectivity index (χ0n) is 10.7. The van der Waals surface area contributed by atoms with Crippen LogP contribution in [-0.2, 0) is 6.42 Å². The quantitative estimate of drug-likeness (QED) is 0.670. The molecule has 0 aromatic heterocycles. The van der Waals surface area contributed by atoms with E-state index in [1.54, 1.807) is 0 Å². The van der Waals surface area contributed by atoms with Crippen molar-refractivity contribution >= 4 is 0 Å². The van der Waals surface area contributed by atoms with E-state index in [1.807, 2.05) is 0 Å². The molecule has 84 valence electrons. The van der Waals surface area contributed by atoms with Gasteiger partial charge in [0.25, 0.3) is 0 Å². The molecular formula is C15H24. The monoisotopic (exact) mass is 204 g/mol. The second kappa shape index (κ2) is 5.34. The first-order chi connectivity index (χ1) is 7.00. The van der Waals surface area contributed by atoms with Crippen LogP contribution in [0.5, 0.6) is 0 Å². The van der Waals surface area contributed by atoms with Crippen LogP contribution < -0.4 is 0 Å². The summed E-state index contributed by atoms with van der Waals surface area (Å²) in [5.74, 6) is 2.14. The van der Waals surface area contributed by atoms with Crippen LogP contribution >= 0.6 is 0 Å². The zero-order chi connectivity index (χ0) is 11.4. The Kier molecular flexibility index (Phi) is 4.38. The highest BCUT2D eigenvalue weighted by Gasteiger charge is 2.09. The molecule has 0 radical (unpaired) electrons. The standard InChI is InChI=1S/C15H24/c1-11(2)10-14-6-8-15(9-7-14)13(5)12(3)4/h6-9,11-13H,10H2,1-5H3. The van der Waals surface area contributed by atoms with Gasteiger partial charge >= 0.3 is 0 Å². The van der Waals surface area contributed by atoms with Crippen molar-refractivity contribution in [3.05, 3.63) is 35.4 Å². The van der Waals surface area contributed by atoms with E-state index in [0.717, 1.165) is 11.8 Å². The van der Waals surface area contributed by atoms with Gasteiger partial charge in [0.05, 0.1) is 0 Å². The third kappa shape index (κ3) is 3.70. The van der Waals surface area contributed by atoms with Gasteiger partial charge in [0.2, 0.25) is 0 Å². The van der Waals surface area contributed by atoms with E-state index in [9.17, 15) is 0 Å². The van der Waals surface area contributed by atoms with Crippen LogP contribution in [0.1, 0.15) is 51.7 Å². The molecule has 0 bridgehead atoms. The van der Waals surface area contributed by atoms with Crippen molar-refractivity contribution in [2.75, 3.05) is 0 Å². The van der Waals surface area contributed by atoms with Crippen molar-refractivity contribution in [3.8, 4) is 0 Å². The van der Waals surface area contributed by atoms with Crippen molar-refractivity contribution in [2.24, 2.45) is 11.8 Å². The highest BCUT2D eigenvalue weighted by molar-refractivity contribution is 5.25. The van der Waals surface area contributed by atoms with Gasteiger partial charge in [-0.25, -0.2) is 0 Å². The number of hydrogen-bond acceptors (Lipinski definition) is 0. The smallest absolute Gasteiger partial charge is 0.0167 e. The maximum absolute atomic E-state index is 2.31. The van der Waals surface area contributed by atoms with E-state index in [0.29, 0.717) is 5.92 Å². The number of benzene rings is 1. The minimum absolute atomic E-state index is 0.665. The van der Waals surface area contributed by atoms with E-state index in [4.69, 9.17) is 0 Å². The normalized spacial score (nSPS) is 13.5. The van der Waals surface area contributed by atoms with E-state index in [-0.39, 0.29) is 0 Å². The summed E-state index contributed by atoms with van der Waals surface area (Å²) in [6, 6.07) is 9.16. The van der Waals surface area contributed by atoms with Crippen LogP contribution in [0.2, 0.25) is 0 Å². The van der Waals surface area contributed by atoms with Crippen molar-refractivity contribution in [2.45, 2.75) is 47.0 Å². The summed E-state index contributed by atoms with van der Waals surface area (Å²) in [6.45, 7) is 11.4. The summed E-state index contributed by atoms with van der Waals surface area (Å²) in [5, 5.41) is 0. The fourth-order valence-corrected chi connectivity index (χ4v) is 1.81. The third-order valence-corrected chi connectivity index (χ3v) is 3.15. The Labute approximate surface area is 94.7 Å². The fraction of sp³-hybridized carbons (Fsp3) is 0.600. The van der Waals surface area contributed by atoms with Crippen molar-refractivity contribution in [1.82, 2.24) is 0 Å². The van der Waals surface area contributed by atoms with Gasteiger partial charge in [-0.05, 0) is 35.3 Å². The molecule has 15 heavy (non-hydrogen) atoms. The molecule has 0 amide bonds. The average Bonchev–Trinajstić information content (AvgIpc) is 2.17. The van der Waals surface area contributed by atoms with Crippen LogP contribution in [-0.4, -0.2) is 0 Å². The predicted octanol–water partition coefficient (Wildman–Crippen LogP) is 4.64. The highest BCUT2D eigenvalue weighted by Crippen LogP contribution is 2.24. The molecule has 0 nitrogen and oxygen atoms in total. The van der Waals surface area contributed by atoms with Gasteiger partial charge in [0.1, 0.15) is 0 Å². The molecule has 1 unspecified atom stereocenters. The highest BCUT2D eigenvalue weighted by atomic mass is 14.1. The molecule has 1 rings (SSSR count). The molecule has 0 spiro atoms. The van der Waals surface area contributed by atoms with Gasteiger partial charge in [-0.1, -0.05) is 58.9 Å². The minimum Gasteiger partial charge on any atom is -0.0625 e. The van der Waals surface area contributed by atoms with Crippen LogP contribution in [0.15, 0.2) is 24.3 Å². The molecule has 0 aliphatic rings. The lowest BCUT2D eigenvalue weighted by atomic mass is 9.89. The number of hydrogen-bond donors (Lipinski definition) is 0. The van der Waals surface area contributed by atoms with Crippen molar-refractivity contribution < 1.29 is 0 Å². The average molecular weight is 204 g/mol. The molecule has 0 heterocycles. The Morgan fingerprint density at radius 1 is 0.867 bits per heavy atom. The summed E-state index contributed by atoms with van der Waals surface area (Å²) >= 11 is 0. The molecule has 1 aromatic rings. The molecule has 0 N–H and O–H groups in total. The second-order valence-corrected chi connectivity index (χ2v) is 5.37. The largest absolute Gasteiger partial charge is 0.0625 e. The molecule has 0 heteroatoms. The summed E-state index contributed by atoms with van der Waals surface area (Å²) in [5.41, 5.74) is 2.93. The molecule has 0 aliphatic heterocycles. The maximum Gasteiger partial charge on any atom is -0.0167 e. The van der Waals surface area contributed by atoms with Gasteiger partial charge < -0.3 is 0 Å². The first kappa shape index (κ1) is 12.3. The Morgan fingerprint density at radius 3 is 1.80 bits per heavy atom. The third-order valence-electron chi connectivity index (χ3n) is 3.15. The fourth-order valence-electron chi connectivity index (χ4n) is 1.81. The Bertz CT molecular complexity index is 279. The van der Waals surface area contributed by atoms with Gasteiger partial charge in [0.15, 0.2) is 0 Å². The lowest BCUT2D eigenvalue weighted by molar-refractivity contribution is 0.535. The molecule has 1 atom stereocenters. The van der Waals surface area contributed by atoms with Crippen LogP contribution in [0, 0.1) is 11.8 Å². The van der Waals surface area contributed by atoms with Crippen LogP contribution in [0.3, 0.4) is 0 Å². The van der Waals surface area contributed by atoms with Gasteiger partial charge in [-0.3, -0.25) is 0 Å². The lowest BCUT2D eigenvalue weighted by Crippen LogP contribution is -2.02. The Balaban J connectivity index is 2.72. The molecule has 0 saturated carbocycles.